The Hall–Kier alpha value is -1.89. The summed E-state index contributed by atoms with van der Waals surface area (Å²) in [6, 6.07) is 2.66. The Balaban J connectivity index is 2.23. The van der Waals surface area contributed by atoms with Crippen molar-refractivity contribution < 1.29 is 14.4 Å². The molecule has 7 nitrogen and oxygen atoms in total. The average molecular weight is 281 g/mol. The minimum atomic E-state index is -0.510. The van der Waals surface area contributed by atoms with E-state index in [2.05, 4.69) is 4.98 Å². The molecule has 0 amide bonds. The molecule has 2 rings (SSSR count). The summed E-state index contributed by atoms with van der Waals surface area (Å²) in [5.41, 5.74) is 5.91. The lowest BCUT2D eigenvalue weighted by Gasteiger charge is -2.22. The predicted molar refractivity (Wildman–Crippen MR) is 72.9 cm³/mol. The molecule has 1 aromatic rings. The van der Waals surface area contributed by atoms with Crippen molar-refractivity contribution in [3.63, 3.8) is 0 Å². The molecule has 0 aromatic carbocycles. The largest absolute Gasteiger partial charge is 0.481 e. The first-order chi connectivity index (χ1) is 9.61. The highest BCUT2D eigenvalue weighted by Crippen LogP contribution is 2.30. The molecule has 2 N–H and O–H groups in total. The molecule has 1 saturated carbocycles. The van der Waals surface area contributed by atoms with E-state index in [1.165, 1.54) is 19.2 Å². The number of rotatable bonds is 4. The van der Waals surface area contributed by atoms with E-state index in [0.717, 1.165) is 32.1 Å². The van der Waals surface area contributed by atoms with Gasteiger partial charge in [-0.15, -0.1) is 0 Å². The molecule has 2 unspecified atom stereocenters. The Kier molecular flexibility index (Phi) is 4.73. The summed E-state index contributed by atoms with van der Waals surface area (Å²) >= 11 is 0. The SMILES string of the molecule is COc1ccc([N+](=O)[O-])c(OC2CCCCCC2N)n1. The zero-order chi connectivity index (χ0) is 14.5. The van der Waals surface area contributed by atoms with Crippen LogP contribution < -0.4 is 15.2 Å². The van der Waals surface area contributed by atoms with E-state index in [-0.39, 0.29) is 29.6 Å². The molecule has 2 atom stereocenters. The molecule has 0 spiro atoms. The Morgan fingerprint density at radius 1 is 1.35 bits per heavy atom. The van der Waals surface area contributed by atoms with Crippen LogP contribution in [0.2, 0.25) is 0 Å². The van der Waals surface area contributed by atoms with Crippen molar-refractivity contribution in [2.24, 2.45) is 5.73 Å². The molecule has 20 heavy (non-hydrogen) atoms. The lowest BCUT2D eigenvalue weighted by molar-refractivity contribution is -0.386. The first-order valence-corrected chi connectivity index (χ1v) is 6.73. The fourth-order valence-electron chi connectivity index (χ4n) is 2.35. The first-order valence-electron chi connectivity index (χ1n) is 6.73. The number of nitrogens with zero attached hydrogens (tertiary/aromatic N) is 2. The van der Waals surface area contributed by atoms with Crippen molar-refractivity contribution in [1.82, 2.24) is 4.98 Å². The van der Waals surface area contributed by atoms with Gasteiger partial charge in [-0.1, -0.05) is 12.8 Å². The van der Waals surface area contributed by atoms with Gasteiger partial charge in [0.05, 0.1) is 12.0 Å². The predicted octanol–water partition coefficient (Wildman–Crippen LogP) is 2.04. The Labute approximate surface area is 117 Å². The molecular weight excluding hydrogens is 262 g/mol. The molecule has 110 valence electrons. The normalized spacial score (nSPS) is 22.9. The molecule has 1 aromatic heterocycles. The topological polar surface area (TPSA) is 101 Å². The van der Waals surface area contributed by atoms with Gasteiger partial charge in [-0.05, 0) is 19.3 Å². The maximum atomic E-state index is 11.0. The monoisotopic (exact) mass is 281 g/mol. The minimum Gasteiger partial charge on any atom is -0.481 e. The number of hydrogen-bond donors (Lipinski definition) is 1. The van der Waals surface area contributed by atoms with Crippen LogP contribution in [0, 0.1) is 10.1 Å². The summed E-state index contributed by atoms with van der Waals surface area (Å²) in [6.07, 6.45) is 4.60. The molecule has 7 heteroatoms. The lowest BCUT2D eigenvalue weighted by atomic mass is 10.1. The fraction of sp³-hybridized carbons (Fsp3) is 0.615. The van der Waals surface area contributed by atoms with Crippen LogP contribution in [0.1, 0.15) is 32.1 Å². The third kappa shape index (κ3) is 3.36. The average Bonchev–Trinajstić information content (AvgIpc) is 2.64. The fourth-order valence-corrected chi connectivity index (χ4v) is 2.35. The van der Waals surface area contributed by atoms with Gasteiger partial charge in [0.15, 0.2) is 0 Å². The molecule has 1 aliphatic carbocycles. The van der Waals surface area contributed by atoms with E-state index in [4.69, 9.17) is 15.2 Å². The third-order valence-corrected chi connectivity index (χ3v) is 3.49. The van der Waals surface area contributed by atoms with Gasteiger partial charge in [-0.3, -0.25) is 10.1 Å². The van der Waals surface area contributed by atoms with Crippen molar-refractivity contribution >= 4 is 5.69 Å². The van der Waals surface area contributed by atoms with Gasteiger partial charge < -0.3 is 15.2 Å². The zero-order valence-corrected chi connectivity index (χ0v) is 11.4. The first kappa shape index (κ1) is 14.5. The summed E-state index contributed by atoms with van der Waals surface area (Å²) in [4.78, 5) is 14.5. The van der Waals surface area contributed by atoms with Gasteiger partial charge in [0.25, 0.3) is 5.88 Å². The highest BCUT2D eigenvalue weighted by Gasteiger charge is 2.26. The van der Waals surface area contributed by atoms with E-state index in [1.54, 1.807) is 0 Å². The zero-order valence-electron chi connectivity index (χ0n) is 11.4. The van der Waals surface area contributed by atoms with Crippen LogP contribution in [0.3, 0.4) is 0 Å². The van der Waals surface area contributed by atoms with E-state index in [9.17, 15) is 10.1 Å². The van der Waals surface area contributed by atoms with Crippen LogP contribution in [-0.2, 0) is 0 Å². The number of pyridine rings is 1. The summed E-state index contributed by atoms with van der Waals surface area (Å²) in [6.45, 7) is 0. The number of aromatic nitrogens is 1. The third-order valence-electron chi connectivity index (χ3n) is 3.49. The van der Waals surface area contributed by atoms with Crippen molar-refractivity contribution in [1.29, 1.82) is 0 Å². The number of nitrogens with two attached hydrogens (primary N) is 1. The number of nitro groups is 1. The minimum absolute atomic E-state index is 0.0169. The number of hydrogen-bond acceptors (Lipinski definition) is 6. The van der Waals surface area contributed by atoms with Gasteiger partial charge in [-0.25, -0.2) is 0 Å². The van der Waals surface area contributed by atoms with Crippen LogP contribution in [0.15, 0.2) is 12.1 Å². The Morgan fingerprint density at radius 3 is 2.80 bits per heavy atom. The van der Waals surface area contributed by atoms with Gasteiger partial charge in [0.1, 0.15) is 6.10 Å². The molecular formula is C13H19N3O4. The summed E-state index contributed by atoms with van der Waals surface area (Å²) in [5.74, 6) is 0.268. The molecule has 0 radical (unpaired) electrons. The van der Waals surface area contributed by atoms with E-state index >= 15 is 0 Å². The van der Waals surface area contributed by atoms with Crippen LogP contribution in [0.5, 0.6) is 11.8 Å². The quantitative estimate of drug-likeness (QED) is 0.515. The van der Waals surface area contributed by atoms with E-state index in [0.29, 0.717) is 0 Å². The van der Waals surface area contributed by atoms with Crippen molar-refractivity contribution in [2.75, 3.05) is 7.11 Å². The molecule has 1 fully saturated rings. The van der Waals surface area contributed by atoms with E-state index < -0.39 is 4.92 Å². The smallest absolute Gasteiger partial charge is 0.331 e. The number of ether oxygens (including phenoxy) is 2. The van der Waals surface area contributed by atoms with E-state index in [1.807, 2.05) is 0 Å². The second-order valence-corrected chi connectivity index (χ2v) is 4.89. The standard InChI is InChI=1S/C13H19N3O4/c1-19-12-8-7-10(16(17)18)13(15-12)20-11-6-4-2-3-5-9(11)14/h7-9,11H,2-6,14H2,1H3. The summed E-state index contributed by atoms with van der Waals surface area (Å²) in [7, 11) is 1.45. The van der Waals surface area contributed by atoms with Crippen molar-refractivity contribution in [3.05, 3.63) is 22.2 Å². The Bertz CT molecular complexity index is 481. The number of methoxy groups -OCH3 is 1. The highest BCUT2D eigenvalue weighted by molar-refractivity contribution is 5.43. The lowest BCUT2D eigenvalue weighted by Crippen LogP contribution is -2.38. The molecule has 0 bridgehead atoms. The highest BCUT2D eigenvalue weighted by atomic mass is 16.6. The maximum Gasteiger partial charge on any atom is 0.331 e. The van der Waals surface area contributed by atoms with Gasteiger partial charge >= 0.3 is 5.69 Å². The van der Waals surface area contributed by atoms with Gasteiger partial charge in [0, 0.05) is 18.2 Å². The second kappa shape index (κ2) is 6.51. The van der Waals surface area contributed by atoms with Crippen molar-refractivity contribution in [3.8, 4) is 11.8 Å². The van der Waals surface area contributed by atoms with Crippen molar-refractivity contribution in [2.45, 2.75) is 44.2 Å². The molecule has 1 heterocycles. The van der Waals surface area contributed by atoms with Crippen LogP contribution in [-0.4, -0.2) is 29.2 Å². The summed E-state index contributed by atoms with van der Waals surface area (Å²) in [5, 5.41) is 11.0. The molecule has 1 aliphatic rings. The molecule has 0 saturated heterocycles. The Morgan fingerprint density at radius 2 is 2.10 bits per heavy atom. The summed E-state index contributed by atoms with van der Waals surface area (Å²) < 4.78 is 10.7. The van der Waals surface area contributed by atoms with Crippen LogP contribution >= 0.6 is 0 Å². The van der Waals surface area contributed by atoms with Gasteiger partial charge in [-0.2, -0.15) is 4.98 Å². The second-order valence-electron chi connectivity index (χ2n) is 4.89. The van der Waals surface area contributed by atoms with Crippen LogP contribution in [0.25, 0.3) is 0 Å². The van der Waals surface area contributed by atoms with Gasteiger partial charge in [0.2, 0.25) is 5.88 Å². The van der Waals surface area contributed by atoms with Crippen LogP contribution in [0.4, 0.5) is 5.69 Å². The maximum absolute atomic E-state index is 11.0. The molecule has 0 aliphatic heterocycles.